The van der Waals surface area contributed by atoms with Crippen LogP contribution in [-0.2, 0) is 9.59 Å². The number of methoxy groups -OCH3 is 2. The van der Waals surface area contributed by atoms with Gasteiger partial charge in [0, 0.05) is 42.8 Å². The number of nitrogens with zero attached hydrogens (tertiary/aromatic N) is 4. The van der Waals surface area contributed by atoms with Crippen LogP contribution in [0.4, 0.5) is 0 Å². The minimum absolute atomic E-state index is 0.274. The molecule has 0 unspecified atom stereocenters. The summed E-state index contributed by atoms with van der Waals surface area (Å²) in [5, 5.41) is 9.24. The van der Waals surface area contributed by atoms with E-state index < -0.39 is 5.25 Å². The quantitative estimate of drug-likeness (QED) is 0.304. The van der Waals surface area contributed by atoms with Gasteiger partial charge in [-0.15, -0.1) is 10.2 Å². The number of Topliss-reactive ketones (excluding diaryl/α,β-unsaturated/α-hetero) is 1. The standard InChI is InChI=1S/C24H25N5O4S/c1-14(30)21(23(31)28(2)3)34-24-27-26-22(17-13-25-18-9-7-6-8-16(17)18)29(24)19-12-15(32-4)10-11-20(19)33-5/h6-13,21,25H,1-5H3/t21-/m0/s1. The van der Waals surface area contributed by atoms with Crippen LogP contribution in [-0.4, -0.2) is 69.9 Å². The molecule has 4 aromatic rings. The van der Waals surface area contributed by atoms with E-state index in [9.17, 15) is 9.59 Å². The van der Waals surface area contributed by atoms with Crippen molar-refractivity contribution in [1.29, 1.82) is 0 Å². The predicted octanol–water partition coefficient (Wildman–Crippen LogP) is 3.57. The van der Waals surface area contributed by atoms with Crippen LogP contribution in [0.3, 0.4) is 0 Å². The zero-order valence-corrected chi connectivity index (χ0v) is 20.3. The molecule has 0 aliphatic rings. The first-order valence-corrected chi connectivity index (χ1v) is 11.4. The molecule has 0 fully saturated rings. The first kappa shape index (κ1) is 23.4. The Kier molecular flexibility index (Phi) is 6.60. The van der Waals surface area contributed by atoms with Crippen molar-refractivity contribution in [2.45, 2.75) is 17.3 Å². The minimum atomic E-state index is -0.967. The number of ether oxygens (including phenoxy) is 2. The van der Waals surface area contributed by atoms with Gasteiger partial charge in [0.25, 0.3) is 0 Å². The van der Waals surface area contributed by atoms with Crippen LogP contribution < -0.4 is 9.47 Å². The number of ketones is 1. The number of para-hydroxylation sites is 1. The fourth-order valence-electron chi connectivity index (χ4n) is 3.61. The highest BCUT2D eigenvalue weighted by Gasteiger charge is 2.30. The molecule has 0 bridgehead atoms. The zero-order chi connectivity index (χ0) is 24.4. The topological polar surface area (TPSA) is 102 Å². The van der Waals surface area contributed by atoms with Gasteiger partial charge in [0.05, 0.1) is 19.9 Å². The number of carbonyl (C=O) groups is 2. The van der Waals surface area contributed by atoms with E-state index in [0.717, 1.165) is 28.2 Å². The lowest BCUT2D eigenvalue weighted by Crippen LogP contribution is -2.36. The zero-order valence-electron chi connectivity index (χ0n) is 19.5. The van der Waals surface area contributed by atoms with Crippen LogP contribution in [0.1, 0.15) is 6.92 Å². The maximum absolute atomic E-state index is 12.7. The Morgan fingerprint density at radius 1 is 1.09 bits per heavy atom. The van der Waals surface area contributed by atoms with Gasteiger partial charge in [0.15, 0.2) is 16.8 Å². The number of benzene rings is 2. The molecule has 1 atom stereocenters. The molecule has 0 spiro atoms. The van der Waals surface area contributed by atoms with Crippen LogP contribution in [0, 0.1) is 0 Å². The molecule has 2 aromatic carbocycles. The second kappa shape index (κ2) is 9.60. The molecule has 1 amide bonds. The Morgan fingerprint density at radius 2 is 1.85 bits per heavy atom. The number of amides is 1. The van der Waals surface area contributed by atoms with E-state index >= 15 is 0 Å². The average molecular weight is 480 g/mol. The second-order valence-corrected chi connectivity index (χ2v) is 8.84. The molecule has 0 saturated heterocycles. The predicted molar refractivity (Wildman–Crippen MR) is 131 cm³/mol. The monoisotopic (exact) mass is 479 g/mol. The van der Waals surface area contributed by atoms with Crippen LogP contribution in [0.5, 0.6) is 11.5 Å². The minimum Gasteiger partial charge on any atom is -0.497 e. The van der Waals surface area contributed by atoms with Gasteiger partial charge in [0.2, 0.25) is 5.91 Å². The summed E-state index contributed by atoms with van der Waals surface area (Å²) in [6, 6.07) is 13.2. The first-order valence-electron chi connectivity index (χ1n) is 10.5. The Morgan fingerprint density at radius 3 is 2.53 bits per heavy atom. The average Bonchev–Trinajstić information content (AvgIpc) is 3.45. The van der Waals surface area contributed by atoms with Crippen LogP contribution in [0.2, 0.25) is 0 Å². The molecule has 2 heterocycles. The van der Waals surface area contributed by atoms with E-state index in [-0.39, 0.29) is 11.7 Å². The number of rotatable bonds is 8. The highest BCUT2D eigenvalue weighted by Crippen LogP contribution is 2.38. The highest BCUT2D eigenvalue weighted by molar-refractivity contribution is 8.01. The van der Waals surface area contributed by atoms with Gasteiger partial charge in [-0.25, -0.2) is 0 Å². The number of hydrogen-bond donors (Lipinski definition) is 1. The number of fused-ring (bicyclic) bond motifs is 1. The van der Waals surface area contributed by atoms with Gasteiger partial charge in [-0.2, -0.15) is 0 Å². The van der Waals surface area contributed by atoms with Gasteiger partial charge < -0.3 is 19.4 Å². The van der Waals surface area contributed by atoms with Crippen molar-refractivity contribution in [3.63, 3.8) is 0 Å². The van der Waals surface area contributed by atoms with E-state index in [4.69, 9.17) is 9.47 Å². The summed E-state index contributed by atoms with van der Waals surface area (Å²) in [6.07, 6.45) is 1.86. The Labute approximate surface area is 201 Å². The van der Waals surface area contributed by atoms with Crippen molar-refractivity contribution in [3.05, 3.63) is 48.7 Å². The second-order valence-electron chi connectivity index (χ2n) is 7.77. The smallest absolute Gasteiger partial charge is 0.243 e. The molecule has 4 rings (SSSR count). The molecular formula is C24H25N5O4S. The van der Waals surface area contributed by atoms with E-state index in [2.05, 4.69) is 15.2 Å². The van der Waals surface area contributed by atoms with Crippen molar-refractivity contribution in [2.75, 3.05) is 28.3 Å². The number of aromatic amines is 1. The normalized spacial score (nSPS) is 11.9. The van der Waals surface area contributed by atoms with Gasteiger partial charge in [-0.05, 0) is 25.1 Å². The molecule has 0 radical (unpaired) electrons. The molecule has 176 valence electrons. The maximum atomic E-state index is 12.7. The SMILES string of the molecule is COc1ccc(OC)c(-n2c(S[C@@H](C(C)=O)C(=O)N(C)C)nnc2-c2c[nH]c3ccccc23)c1. The lowest BCUT2D eigenvalue weighted by Gasteiger charge is -2.19. The van der Waals surface area contributed by atoms with E-state index in [1.54, 1.807) is 51.1 Å². The summed E-state index contributed by atoms with van der Waals surface area (Å²) in [6.45, 7) is 1.40. The summed E-state index contributed by atoms with van der Waals surface area (Å²) < 4.78 is 12.9. The third-order valence-corrected chi connectivity index (χ3v) is 6.59. The lowest BCUT2D eigenvalue weighted by molar-refractivity contribution is -0.132. The van der Waals surface area contributed by atoms with Gasteiger partial charge in [-0.3, -0.25) is 14.2 Å². The van der Waals surface area contributed by atoms with Crippen molar-refractivity contribution in [2.24, 2.45) is 0 Å². The summed E-state index contributed by atoms with van der Waals surface area (Å²) >= 11 is 1.05. The molecule has 10 heteroatoms. The lowest BCUT2D eigenvalue weighted by atomic mass is 10.1. The number of hydrogen-bond acceptors (Lipinski definition) is 7. The van der Waals surface area contributed by atoms with E-state index in [0.29, 0.717) is 28.2 Å². The third-order valence-electron chi connectivity index (χ3n) is 5.35. The number of nitrogens with one attached hydrogen (secondary N) is 1. The van der Waals surface area contributed by atoms with Gasteiger partial charge >= 0.3 is 0 Å². The largest absolute Gasteiger partial charge is 0.497 e. The molecule has 0 aliphatic heterocycles. The van der Waals surface area contributed by atoms with Crippen molar-refractivity contribution in [3.8, 4) is 28.6 Å². The molecule has 1 N–H and O–H groups in total. The van der Waals surface area contributed by atoms with Crippen LogP contribution >= 0.6 is 11.8 Å². The Balaban J connectivity index is 1.96. The Bertz CT molecular complexity index is 1360. The fraction of sp³-hybridized carbons (Fsp3) is 0.250. The molecular weight excluding hydrogens is 454 g/mol. The summed E-state index contributed by atoms with van der Waals surface area (Å²) in [7, 11) is 6.38. The number of carbonyl (C=O) groups excluding carboxylic acids is 2. The molecule has 9 nitrogen and oxygen atoms in total. The molecule has 34 heavy (non-hydrogen) atoms. The molecule has 0 aliphatic carbocycles. The summed E-state index contributed by atoms with van der Waals surface area (Å²) in [4.78, 5) is 29.8. The van der Waals surface area contributed by atoms with E-state index in [1.165, 1.54) is 11.8 Å². The van der Waals surface area contributed by atoms with Crippen molar-refractivity contribution >= 4 is 34.4 Å². The molecule has 2 aromatic heterocycles. The van der Waals surface area contributed by atoms with Crippen molar-refractivity contribution in [1.82, 2.24) is 24.6 Å². The number of thioether (sulfide) groups is 1. The summed E-state index contributed by atoms with van der Waals surface area (Å²) in [5.74, 6) is 1.11. The van der Waals surface area contributed by atoms with Crippen LogP contribution in [0.25, 0.3) is 28.0 Å². The number of aromatic nitrogens is 4. The maximum Gasteiger partial charge on any atom is 0.243 e. The first-order chi connectivity index (χ1) is 16.3. The summed E-state index contributed by atoms with van der Waals surface area (Å²) in [5.41, 5.74) is 2.38. The van der Waals surface area contributed by atoms with Crippen LogP contribution in [0.15, 0.2) is 53.8 Å². The number of H-pyrrole nitrogens is 1. The van der Waals surface area contributed by atoms with E-state index in [1.807, 2.05) is 30.5 Å². The molecule has 0 saturated carbocycles. The third kappa shape index (κ3) is 4.24. The van der Waals surface area contributed by atoms with Crippen molar-refractivity contribution < 1.29 is 19.1 Å². The highest BCUT2D eigenvalue weighted by atomic mass is 32.2. The Hall–Kier alpha value is -3.79. The fourth-order valence-corrected chi connectivity index (χ4v) is 4.68. The van der Waals surface area contributed by atoms with Gasteiger partial charge in [0.1, 0.15) is 16.7 Å². The van der Waals surface area contributed by atoms with Gasteiger partial charge in [-0.1, -0.05) is 30.0 Å².